The molecule has 3 amide bonds. The van der Waals surface area contributed by atoms with Gasteiger partial charge < -0.3 is 25.4 Å². The van der Waals surface area contributed by atoms with Crippen molar-refractivity contribution in [3.63, 3.8) is 0 Å². The van der Waals surface area contributed by atoms with Gasteiger partial charge in [0.15, 0.2) is 5.75 Å². The normalized spacial score (nSPS) is 10.2. The largest absolute Gasteiger partial charge is 0.494 e. The number of carbonyl (C=O) groups excluding carboxylic acids is 2. The summed E-state index contributed by atoms with van der Waals surface area (Å²) in [7, 11) is 0. The highest BCUT2D eigenvalue weighted by Crippen LogP contribution is 2.30. The Morgan fingerprint density at radius 1 is 0.875 bits per heavy atom. The summed E-state index contributed by atoms with van der Waals surface area (Å²) in [4.78, 5) is 24.2. The Bertz CT molecular complexity index is 1040. The van der Waals surface area contributed by atoms with E-state index in [0.29, 0.717) is 23.8 Å². The summed E-state index contributed by atoms with van der Waals surface area (Å²) in [6.45, 7) is 2.47. The van der Waals surface area contributed by atoms with Crippen molar-refractivity contribution in [3.05, 3.63) is 84.2 Å². The molecule has 0 aliphatic rings. The van der Waals surface area contributed by atoms with E-state index < -0.39 is 11.9 Å². The number of hydrogen-bond acceptors (Lipinski definition) is 4. The fourth-order valence-electron chi connectivity index (χ4n) is 2.76. The first-order valence-electron chi connectivity index (χ1n) is 10.1. The molecule has 0 heterocycles. The zero-order valence-corrected chi connectivity index (χ0v) is 17.6. The summed E-state index contributed by atoms with van der Waals surface area (Å²) in [5.74, 6) is 1.04. The standard InChI is InChI=1S/C24H24FN3O4/c1-2-31-19-11-13-20(14-12-19)32-22-6-4-3-5-21(22)28-23(29)16-27-24(30)26-15-17-7-9-18(25)10-8-17/h3-14H,2,15-16H2,1H3,(H,28,29)(H2,26,27,30). The molecule has 0 aromatic heterocycles. The third-order valence-corrected chi connectivity index (χ3v) is 4.30. The molecule has 0 aliphatic heterocycles. The van der Waals surface area contributed by atoms with Crippen molar-refractivity contribution in [3.8, 4) is 17.2 Å². The molecule has 8 heteroatoms. The number of ether oxygens (including phenoxy) is 2. The number of para-hydroxylation sites is 2. The van der Waals surface area contributed by atoms with Gasteiger partial charge in [-0.1, -0.05) is 24.3 Å². The fourth-order valence-corrected chi connectivity index (χ4v) is 2.76. The lowest BCUT2D eigenvalue weighted by Crippen LogP contribution is -2.39. The predicted molar refractivity (Wildman–Crippen MR) is 119 cm³/mol. The van der Waals surface area contributed by atoms with Gasteiger partial charge >= 0.3 is 6.03 Å². The van der Waals surface area contributed by atoms with E-state index in [0.717, 1.165) is 11.3 Å². The lowest BCUT2D eigenvalue weighted by molar-refractivity contribution is -0.115. The highest BCUT2D eigenvalue weighted by Gasteiger charge is 2.10. The van der Waals surface area contributed by atoms with Crippen LogP contribution >= 0.6 is 0 Å². The maximum atomic E-state index is 12.9. The molecule has 3 aromatic carbocycles. The molecule has 0 fully saturated rings. The summed E-state index contributed by atoms with van der Waals surface area (Å²) in [6.07, 6.45) is 0. The number of nitrogens with one attached hydrogen (secondary N) is 3. The van der Waals surface area contributed by atoms with E-state index in [9.17, 15) is 14.0 Å². The molecule has 0 saturated carbocycles. The SMILES string of the molecule is CCOc1ccc(Oc2ccccc2NC(=O)CNC(=O)NCc2ccc(F)cc2)cc1. The van der Waals surface area contributed by atoms with Crippen molar-refractivity contribution in [2.75, 3.05) is 18.5 Å². The minimum Gasteiger partial charge on any atom is -0.494 e. The summed E-state index contributed by atoms with van der Waals surface area (Å²) >= 11 is 0. The van der Waals surface area contributed by atoms with Crippen LogP contribution < -0.4 is 25.4 Å². The molecule has 3 aromatic rings. The second kappa shape index (κ2) is 11.4. The summed E-state index contributed by atoms with van der Waals surface area (Å²) in [6, 6.07) is 19.4. The van der Waals surface area contributed by atoms with E-state index >= 15 is 0 Å². The molecule has 166 valence electrons. The molecule has 0 atom stereocenters. The molecule has 0 aliphatic carbocycles. The van der Waals surface area contributed by atoms with Crippen LogP contribution in [0.3, 0.4) is 0 Å². The zero-order valence-electron chi connectivity index (χ0n) is 17.6. The number of amides is 3. The quantitative estimate of drug-likeness (QED) is 0.461. The van der Waals surface area contributed by atoms with Gasteiger partial charge in [0.1, 0.15) is 17.3 Å². The third kappa shape index (κ3) is 7.02. The number of urea groups is 1. The van der Waals surface area contributed by atoms with Gasteiger partial charge in [0.05, 0.1) is 18.8 Å². The van der Waals surface area contributed by atoms with Gasteiger partial charge in [-0.3, -0.25) is 4.79 Å². The van der Waals surface area contributed by atoms with E-state index in [1.165, 1.54) is 12.1 Å². The van der Waals surface area contributed by atoms with Crippen LogP contribution in [0.15, 0.2) is 72.8 Å². The van der Waals surface area contributed by atoms with Crippen molar-refractivity contribution >= 4 is 17.6 Å². The van der Waals surface area contributed by atoms with Gasteiger partial charge in [-0.2, -0.15) is 0 Å². The van der Waals surface area contributed by atoms with Crippen molar-refractivity contribution in [2.45, 2.75) is 13.5 Å². The molecule has 0 saturated heterocycles. The van der Waals surface area contributed by atoms with Gasteiger partial charge in [0.25, 0.3) is 0 Å². The molecule has 32 heavy (non-hydrogen) atoms. The second-order valence-corrected chi connectivity index (χ2v) is 6.71. The number of hydrogen-bond donors (Lipinski definition) is 3. The summed E-state index contributed by atoms with van der Waals surface area (Å²) in [5, 5.41) is 7.81. The highest BCUT2D eigenvalue weighted by molar-refractivity contribution is 5.95. The zero-order chi connectivity index (χ0) is 22.8. The Morgan fingerprint density at radius 2 is 1.56 bits per heavy atom. The smallest absolute Gasteiger partial charge is 0.315 e. The Balaban J connectivity index is 1.49. The molecule has 3 N–H and O–H groups in total. The van der Waals surface area contributed by atoms with Crippen LogP contribution in [-0.4, -0.2) is 25.1 Å². The fraction of sp³-hybridized carbons (Fsp3) is 0.167. The van der Waals surface area contributed by atoms with E-state index in [1.54, 1.807) is 60.7 Å². The topological polar surface area (TPSA) is 88.7 Å². The Labute approximate surface area is 185 Å². The monoisotopic (exact) mass is 437 g/mol. The molecule has 0 bridgehead atoms. The average molecular weight is 437 g/mol. The highest BCUT2D eigenvalue weighted by atomic mass is 19.1. The molecular weight excluding hydrogens is 413 g/mol. The van der Waals surface area contributed by atoms with Crippen LogP contribution in [0, 0.1) is 5.82 Å². The van der Waals surface area contributed by atoms with E-state index in [2.05, 4.69) is 16.0 Å². The number of benzene rings is 3. The number of halogens is 1. The second-order valence-electron chi connectivity index (χ2n) is 6.71. The van der Waals surface area contributed by atoms with E-state index in [4.69, 9.17) is 9.47 Å². The Kier molecular flexibility index (Phi) is 8.02. The van der Waals surface area contributed by atoms with Crippen LogP contribution in [-0.2, 0) is 11.3 Å². The van der Waals surface area contributed by atoms with E-state index in [1.807, 2.05) is 6.92 Å². The Hall–Kier alpha value is -4.07. The van der Waals surface area contributed by atoms with Gasteiger partial charge in [-0.15, -0.1) is 0 Å². The molecule has 0 radical (unpaired) electrons. The average Bonchev–Trinajstić information content (AvgIpc) is 2.80. The van der Waals surface area contributed by atoms with Crippen LogP contribution in [0.5, 0.6) is 17.2 Å². The Morgan fingerprint density at radius 3 is 2.28 bits per heavy atom. The van der Waals surface area contributed by atoms with Gasteiger partial charge in [0, 0.05) is 6.54 Å². The predicted octanol–water partition coefficient (Wildman–Crippen LogP) is 4.45. The summed E-state index contributed by atoms with van der Waals surface area (Å²) in [5.41, 5.74) is 1.21. The number of rotatable bonds is 9. The minimum absolute atomic E-state index is 0.215. The van der Waals surface area contributed by atoms with Gasteiger partial charge in [-0.05, 0) is 61.0 Å². The van der Waals surface area contributed by atoms with Crippen molar-refractivity contribution < 1.29 is 23.5 Å². The maximum absolute atomic E-state index is 12.9. The first-order valence-corrected chi connectivity index (χ1v) is 10.1. The molecule has 0 spiro atoms. The van der Waals surface area contributed by atoms with Crippen molar-refractivity contribution in [2.24, 2.45) is 0 Å². The van der Waals surface area contributed by atoms with E-state index in [-0.39, 0.29) is 18.9 Å². The molecule has 7 nitrogen and oxygen atoms in total. The van der Waals surface area contributed by atoms with Crippen LogP contribution in [0.1, 0.15) is 12.5 Å². The first-order chi connectivity index (χ1) is 15.5. The van der Waals surface area contributed by atoms with Gasteiger partial charge in [0.2, 0.25) is 5.91 Å². The van der Waals surface area contributed by atoms with Crippen molar-refractivity contribution in [1.82, 2.24) is 10.6 Å². The first kappa shape index (κ1) is 22.6. The third-order valence-electron chi connectivity index (χ3n) is 4.30. The summed E-state index contributed by atoms with van der Waals surface area (Å²) < 4.78 is 24.2. The molecular formula is C24H24FN3O4. The van der Waals surface area contributed by atoms with Crippen LogP contribution in [0.25, 0.3) is 0 Å². The number of anilines is 1. The van der Waals surface area contributed by atoms with Gasteiger partial charge in [-0.25, -0.2) is 9.18 Å². The lowest BCUT2D eigenvalue weighted by atomic mass is 10.2. The van der Waals surface area contributed by atoms with Crippen molar-refractivity contribution in [1.29, 1.82) is 0 Å². The molecule has 3 rings (SSSR count). The molecule has 0 unspecified atom stereocenters. The maximum Gasteiger partial charge on any atom is 0.315 e. The van der Waals surface area contributed by atoms with Crippen LogP contribution in [0.2, 0.25) is 0 Å². The minimum atomic E-state index is -0.511. The van der Waals surface area contributed by atoms with Crippen LogP contribution in [0.4, 0.5) is 14.9 Å². The lowest BCUT2D eigenvalue weighted by Gasteiger charge is -2.13. The number of carbonyl (C=O) groups is 2.